The lowest BCUT2D eigenvalue weighted by Crippen LogP contribution is -2.40. The number of rotatable bonds is 2. The van der Waals surface area contributed by atoms with E-state index in [2.05, 4.69) is 12.2 Å². The lowest BCUT2D eigenvalue weighted by Gasteiger charge is -2.37. The number of allylic oxidation sites excluding steroid dienone is 2. The molecule has 3 fully saturated rings. The number of carbonyl (C=O) groups excluding carboxylic acids is 3. The monoisotopic (exact) mass is 323 g/mol. The zero-order valence-corrected chi connectivity index (χ0v) is 13.2. The van der Waals surface area contributed by atoms with Gasteiger partial charge in [0.15, 0.2) is 0 Å². The molecule has 24 heavy (non-hydrogen) atoms. The molecule has 122 valence electrons. The Morgan fingerprint density at radius 2 is 1.54 bits per heavy atom. The van der Waals surface area contributed by atoms with Crippen molar-refractivity contribution in [3.8, 4) is 5.75 Å². The van der Waals surface area contributed by atoms with Crippen LogP contribution in [0, 0.1) is 35.5 Å². The normalized spacial score (nSPS) is 38.1. The summed E-state index contributed by atoms with van der Waals surface area (Å²) < 4.78 is 5.01. The van der Waals surface area contributed by atoms with Crippen molar-refractivity contribution >= 4 is 23.5 Å². The molecule has 6 rings (SSSR count). The van der Waals surface area contributed by atoms with E-state index in [0.717, 1.165) is 6.42 Å². The van der Waals surface area contributed by atoms with Gasteiger partial charge in [0.2, 0.25) is 11.8 Å². The van der Waals surface area contributed by atoms with Crippen LogP contribution in [0.3, 0.4) is 0 Å². The number of esters is 1. The number of benzene rings is 1. The van der Waals surface area contributed by atoms with Crippen LogP contribution in [-0.2, 0) is 14.4 Å². The predicted molar refractivity (Wildman–Crippen MR) is 84.9 cm³/mol. The number of nitrogens with zero attached hydrogens (tertiary/aromatic N) is 1. The molecule has 5 nitrogen and oxygen atoms in total. The van der Waals surface area contributed by atoms with E-state index >= 15 is 0 Å². The minimum Gasteiger partial charge on any atom is -0.427 e. The van der Waals surface area contributed by atoms with E-state index in [4.69, 9.17) is 4.74 Å². The van der Waals surface area contributed by atoms with Crippen LogP contribution in [0.5, 0.6) is 5.75 Å². The Kier molecular flexibility index (Phi) is 2.65. The van der Waals surface area contributed by atoms with Crippen molar-refractivity contribution in [1.29, 1.82) is 0 Å². The fourth-order valence-electron chi connectivity index (χ4n) is 5.04. The second-order valence-corrected chi connectivity index (χ2v) is 7.25. The lowest BCUT2D eigenvalue weighted by molar-refractivity contribution is -0.132. The van der Waals surface area contributed by atoms with E-state index in [9.17, 15) is 14.4 Å². The molecule has 2 amide bonds. The van der Waals surface area contributed by atoms with Crippen molar-refractivity contribution in [2.24, 2.45) is 35.5 Å². The topological polar surface area (TPSA) is 63.7 Å². The maximum absolute atomic E-state index is 13.0. The quantitative estimate of drug-likeness (QED) is 0.362. The van der Waals surface area contributed by atoms with Crippen LogP contribution in [0.25, 0.3) is 0 Å². The molecule has 2 bridgehead atoms. The minimum absolute atomic E-state index is 0.0741. The molecule has 4 aliphatic carbocycles. The Bertz CT molecular complexity index is 760. The highest BCUT2D eigenvalue weighted by Gasteiger charge is 2.67. The van der Waals surface area contributed by atoms with Gasteiger partial charge in [0.05, 0.1) is 17.5 Å². The summed E-state index contributed by atoms with van der Waals surface area (Å²) in [6.07, 6.45) is 5.49. The molecule has 0 N–H and O–H groups in total. The van der Waals surface area contributed by atoms with E-state index in [0.29, 0.717) is 23.3 Å². The molecule has 1 aliphatic heterocycles. The van der Waals surface area contributed by atoms with E-state index in [1.807, 2.05) is 0 Å². The third-order valence-electron chi connectivity index (χ3n) is 6.02. The third kappa shape index (κ3) is 1.72. The van der Waals surface area contributed by atoms with Crippen LogP contribution < -0.4 is 9.64 Å². The van der Waals surface area contributed by atoms with Gasteiger partial charge in [-0.1, -0.05) is 12.2 Å². The molecule has 6 atom stereocenters. The molecule has 2 saturated carbocycles. The van der Waals surface area contributed by atoms with Gasteiger partial charge < -0.3 is 4.74 Å². The standard InChI is InChI=1S/C19H17NO4/c1-9(21)24-11-4-2-10(3-5-11)20-18(22)16-12-6-7-13(15-8-14(12)15)17(16)19(20)23/h2-7,12-17H,8H2,1H3/t12-,13-,14-,15-,16+,17+/m0/s1. The SMILES string of the molecule is CC(=O)Oc1ccc(N2C(=O)[C@@H]3[C@H]4C=C[C@@H]([C@@H]5C[C@@H]45)[C@H]3C2=O)cc1. The first-order valence-corrected chi connectivity index (χ1v) is 8.41. The largest absolute Gasteiger partial charge is 0.427 e. The summed E-state index contributed by atoms with van der Waals surface area (Å²) in [4.78, 5) is 38.2. The molecular weight excluding hydrogens is 306 g/mol. The minimum atomic E-state index is -0.399. The van der Waals surface area contributed by atoms with Gasteiger partial charge in [-0.05, 0) is 54.4 Å². The predicted octanol–water partition coefficient (Wildman–Crippen LogP) is 2.17. The smallest absolute Gasteiger partial charge is 0.308 e. The molecule has 1 heterocycles. The number of ether oxygens (including phenoxy) is 1. The molecule has 0 aromatic heterocycles. The Morgan fingerprint density at radius 3 is 2.04 bits per heavy atom. The molecule has 5 heteroatoms. The molecule has 1 saturated heterocycles. The highest BCUT2D eigenvalue weighted by Crippen LogP contribution is 2.65. The summed E-state index contributed by atoms with van der Waals surface area (Å²) in [7, 11) is 0. The molecule has 5 aliphatic rings. The van der Waals surface area contributed by atoms with Gasteiger partial charge in [0.25, 0.3) is 0 Å². The Hall–Kier alpha value is -2.43. The molecule has 1 aromatic carbocycles. The number of imide groups is 1. The number of amides is 2. The zero-order valence-electron chi connectivity index (χ0n) is 13.2. The van der Waals surface area contributed by atoms with Crippen LogP contribution in [0.2, 0.25) is 0 Å². The van der Waals surface area contributed by atoms with Gasteiger partial charge in [-0.2, -0.15) is 0 Å². The van der Waals surface area contributed by atoms with Crippen LogP contribution in [0.1, 0.15) is 13.3 Å². The van der Waals surface area contributed by atoms with Gasteiger partial charge in [0.1, 0.15) is 5.75 Å². The average Bonchev–Trinajstić information content (AvgIpc) is 3.33. The summed E-state index contributed by atoms with van der Waals surface area (Å²) in [5.41, 5.74) is 0.559. The fourth-order valence-corrected chi connectivity index (χ4v) is 5.04. The molecule has 0 radical (unpaired) electrons. The highest BCUT2D eigenvalue weighted by atomic mass is 16.5. The number of anilines is 1. The second-order valence-electron chi connectivity index (χ2n) is 7.25. The third-order valence-corrected chi connectivity index (χ3v) is 6.02. The van der Waals surface area contributed by atoms with E-state index in [-0.39, 0.29) is 35.5 Å². The van der Waals surface area contributed by atoms with Crippen molar-refractivity contribution in [3.05, 3.63) is 36.4 Å². The van der Waals surface area contributed by atoms with Crippen molar-refractivity contribution < 1.29 is 19.1 Å². The van der Waals surface area contributed by atoms with Crippen molar-refractivity contribution in [2.45, 2.75) is 13.3 Å². The zero-order chi connectivity index (χ0) is 16.6. The van der Waals surface area contributed by atoms with Crippen LogP contribution >= 0.6 is 0 Å². The van der Waals surface area contributed by atoms with Crippen LogP contribution in [0.4, 0.5) is 5.69 Å². The first-order chi connectivity index (χ1) is 11.6. The van der Waals surface area contributed by atoms with Crippen molar-refractivity contribution in [1.82, 2.24) is 0 Å². The van der Waals surface area contributed by atoms with E-state index < -0.39 is 5.97 Å². The van der Waals surface area contributed by atoms with E-state index in [1.165, 1.54) is 11.8 Å². The first kappa shape index (κ1) is 14.0. The number of hydrogen-bond donors (Lipinski definition) is 0. The molecule has 0 spiro atoms. The van der Waals surface area contributed by atoms with Crippen LogP contribution in [-0.4, -0.2) is 17.8 Å². The summed E-state index contributed by atoms with van der Waals surface area (Å²) in [6.45, 7) is 1.33. The molecular formula is C19H17NO4. The maximum atomic E-state index is 13.0. The van der Waals surface area contributed by atoms with Crippen molar-refractivity contribution in [2.75, 3.05) is 4.90 Å². The van der Waals surface area contributed by atoms with Gasteiger partial charge in [-0.15, -0.1) is 0 Å². The average molecular weight is 323 g/mol. The maximum Gasteiger partial charge on any atom is 0.308 e. The van der Waals surface area contributed by atoms with Gasteiger partial charge in [-0.25, -0.2) is 0 Å². The lowest BCUT2D eigenvalue weighted by atomic mass is 9.63. The first-order valence-electron chi connectivity index (χ1n) is 8.41. The van der Waals surface area contributed by atoms with Gasteiger partial charge in [0, 0.05) is 6.92 Å². The summed E-state index contributed by atoms with van der Waals surface area (Å²) in [5, 5.41) is 0. The van der Waals surface area contributed by atoms with E-state index in [1.54, 1.807) is 24.3 Å². The van der Waals surface area contributed by atoms with Crippen molar-refractivity contribution in [3.63, 3.8) is 0 Å². The second kappa shape index (κ2) is 4.56. The highest BCUT2D eigenvalue weighted by molar-refractivity contribution is 6.22. The Balaban J connectivity index is 1.47. The summed E-state index contributed by atoms with van der Waals surface area (Å²) in [5.74, 6) is 1.14. The Labute approximate surface area is 139 Å². The van der Waals surface area contributed by atoms with Gasteiger partial charge in [-0.3, -0.25) is 19.3 Å². The fraction of sp³-hybridized carbons (Fsp3) is 0.421. The number of carbonyl (C=O) groups is 3. The Morgan fingerprint density at radius 1 is 1.00 bits per heavy atom. The molecule has 0 unspecified atom stereocenters. The molecule has 1 aromatic rings. The van der Waals surface area contributed by atoms with Gasteiger partial charge >= 0.3 is 5.97 Å². The summed E-state index contributed by atoms with van der Waals surface area (Å²) in [6, 6.07) is 6.57. The summed E-state index contributed by atoms with van der Waals surface area (Å²) >= 11 is 0. The van der Waals surface area contributed by atoms with Crippen LogP contribution in [0.15, 0.2) is 36.4 Å². The number of hydrogen-bond acceptors (Lipinski definition) is 4.